The number of ketones is 1. The maximum atomic E-state index is 14.0. The Hall–Kier alpha value is -3.35. The van der Waals surface area contributed by atoms with Crippen LogP contribution < -0.4 is 5.32 Å². The molecule has 29 heavy (non-hydrogen) atoms. The molecule has 0 unspecified atom stereocenters. The molecule has 2 atom stereocenters. The van der Waals surface area contributed by atoms with E-state index in [9.17, 15) is 13.6 Å². The summed E-state index contributed by atoms with van der Waals surface area (Å²) in [6.07, 6.45) is 0.952. The van der Waals surface area contributed by atoms with Crippen molar-refractivity contribution in [2.75, 3.05) is 5.32 Å². The Morgan fingerprint density at radius 1 is 1.03 bits per heavy atom. The molecule has 0 amide bonds. The molecule has 1 aromatic heterocycles. The van der Waals surface area contributed by atoms with Crippen LogP contribution in [0, 0.1) is 18.6 Å². The molecule has 1 N–H and O–H groups in total. The number of anilines is 1. The van der Waals surface area contributed by atoms with Gasteiger partial charge in [0.2, 0.25) is 5.95 Å². The van der Waals surface area contributed by atoms with E-state index >= 15 is 0 Å². The van der Waals surface area contributed by atoms with Crippen LogP contribution in [-0.4, -0.2) is 20.5 Å². The van der Waals surface area contributed by atoms with E-state index in [0.717, 1.165) is 17.3 Å². The van der Waals surface area contributed by atoms with E-state index in [0.29, 0.717) is 35.8 Å². The third-order valence-corrected chi connectivity index (χ3v) is 5.50. The van der Waals surface area contributed by atoms with Gasteiger partial charge < -0.3 is 5.32 Å². The maximum absolute atomic E-state index is 14.0. The smallest absolute Gasteiger partial charge is 0.226 e. The molecule has 0 fully saturated rings. The SMILES string of the molecule is Cc1nc2n(n1)[C@H](c1cc(F)cc(F)c1)C1=C(C[C@H](c3ccccc3)CC1=O)N2. The Morgan fingerprint density at radius 3 is 2.48 bits per heavy atom. The maximum Gasteiger partial charge on any atom is 0.226 e. The molecule has 0 saturated heterocycles. The van der Waals surface area contributed by atoms with Crippen LogP contribution in [0.25, 0.3) is 0 Å². The molecule has 2 aliphatic rings. The average molecular weight is 392 g/mol. The standard InChI is InChI=1S/C22H18F2N4O/c1-12-25-22-26-18-9-14(13-5-3-2-4-6-13)10-19(29)20(18)21(28(22)27-12)15-7-16(23)11-17(24)8-15/h2-8,11,14,21H,9-10H2,1H3,(H,25,26,27)/t14-,21+/m0/s1. The topological polar surface area (TPSA) is 59.8 Å². The Bertz CT molecular complexity index is 1130. The summed E-state index contributed by atoms with van der Waals surface area (Å²) in [6, 6.07) is 12.5. The first-order valence-corrected chi connectivity index (χ1v) is 9.47. The molecule has 3 aromatic rings. The predicted molar refractivity (Wildman–Crippen MR) is 103 cm³/mol. The lowest BCUT2D eigenvalue weighted by molar-refractivity contribution is -0.116. The van der Waals surface area contributed by atoms with Gasteiger partial charge in [-0.1, -0.05) is 30.3 Å². The number of nitrogens with zero attached hydrogens (tertiary/aromatic N) is 3. The molecule has 5 rings (SSSR count). The molecule has 1 aliphatic carbocycles. The summed E-state index contributed by atoms with van der Waals surface area (Å²) < 4.78 is 29.5. The second-order valence-electron chi connectivity index (χ2n) is 7.49. The number of Topliss-reactive ketones (excluding diaryl/α,β-unsaturated/α-hetero) is 1. The van der Waals surface area contributed by atoms with Gasteiger partial charge in [-0.3, -0.25) is 4.79 Å². The third kappa shape index (κ3) is 3.03. The number of nitrogens with one attached hydrogen (secondary N) is 1. The number of carbonyl (C=O) groups excluding carboxylic acids is 1. The van der Waals surface area contributed by atoms with Gasteiger partial charge in [-0.05, 0) is 42.5 Å². The molecule has 0 saturated carbocycles. The second kappa shape index (κ2) is 6.62. The number of benzene rings is 2. The van der Waals surface area contributed by atoms with Gasteiger partial charge in [0.15, 0.2) is 5.78 Å². The molecular weight excluding hydrogens is 374 g/mol. The highest BCUT2D eigenvalue weighted by molar-refractivity contribution is 6.00. The van der Waals surface area contributed by atoms with Crippen LogP contribution in [-0.2, 0) is 4.79 Å². The van der Waals surface area contributed by atoms with E-state index in [-0.39, 0.29) is 11.7 Å². The first kappa shape index (κ1) is 17.7. The third-order valence-electron chi connectivity index (χ3n) is 5.50. The summed E-state index contributed by atoms with van der Waals surface area (Å²) in [5.41, 5.74) is 2.67. The van der Waals surface area contributed by atoms with E-state index in [1.165, 1.54) is 12.1 Å². The molecule has 7 heteroatoms. The molecule has 0 bridgehead atoms. The van der Waals surface area contributed by atoms with Crippen molar-refractivity contribution in [3.63, 3.8) is 0 Å². The van der Waals surface area contributed by atoms with Crippen molar-refractivity contribution in [3.05, 3.63) is 88.4 Å². The van der Waals surface area contributed by atoms with E-state index in [4.69, 9.17) is 0 Å². The summed E-state index contributed by atoms with van der Waals surface area (Å²) in [5, 5.41) is 7.62. The summed E-state index contributed by atoms with van der Waals surface area (Å²) in [6.45, 7) is 1.74. The summed E-state index contributed by atoms with van der Waals surface area (Å²) in [5.74, 6) is -0.413. The molecule has 1 aliphatic heterocycles. The fourth-order valence-corrected chi connectivity index (χ4v) is 4.32. The fourth-order valence-electron chi connectivity index (χ4n) is 4.32. The number of rotatable bonds is 2. The Morgan fingerprint density at radius 2 is 1.76 bits per heavy atom. The minimum absolute atomic E-state index is 0.0374. The number of halogens is 2. The largest absolute Gasteiger partial charge is 0.328 e. The minimum atomic E-state index is -0.711. The van der Waals surface area contributed by atoms with Crippen LogP contribution >= 0.6 is 0 Å². The predicted octanol–water partition coefficient (Wildman–Crippen LogP) is 4.28. The molecule has 0 spiro atoms. The Kier molecular flexibility index (Phi) is 4.04. The summed E-state index contributed by atoms with van der Waals surface area (Å²) >= 11 is 0. The molecule has 2 aromatic carbocycles. The highest BCUT2D eigenvalue weighted by Crippen LogP contribution is 2.44. The first-order chi connectivity index (χ1) is 14.0. The van der Waals surface area contributed by atoms with Crippen molar-refractivity contribution in [2.24, 2.45) is 0 Å². The van der Waals surface area contributed by atoms with Crippen LogP contribution in [0.4, 0.5) is 14.7 Å². The quantitative estimate of drug-likeness (QED) is 0.707. The highest BCUT2D eigenvalue weighted by Gasteiger charge is 2.39. The van der Waals surface area contributed by atoms with Crippen molar-refractivity contribution in [1.29, 1.82) is 0 Å². The number of allylic oxidation sites excluding steroid dienone is 2. The van der Waals surface area contributed by atoms with Crippen LogP contribution in [0.1, 0.15) is 41.8 Å². The minimum Gasteiger partial charge on any atom is -0.328 e. The van der Waals surface area contributed by atoms with Crippen molar-refractivity contribution in [3.8, 4) is 0 Å². The Balaban J connectivity index is 1.65. The molecule has 5 nitrogen and oxygen atoms in total. The van der Waals surface area contributed by atoms with Crippen molar-refractivity contribution >= 4 is 11.7 Å². The zero-order valence-electron chi connectivity index (χ0n) is 15.7. The fraction of sp³-hybridized carbons (Fsp3) is 0.227. The molecule has 0 radical (unpaired) electrons. The van der Waals surface area contributed by atoms with Crippen LogP contribution in [0.15, 0.2) is 59.8 Å². The van der Waals surface area contributed by atoms with Gasteiger partial charge in [0.05, 0.1) is 0 Å². The summed E-state index contributed by atoms with van der Waals surface area (Å²) in [7, 11) is 0. The van der Waals surface area contributed by atoms with Gasteiger partial charge in [0.25, 0.3) is 0 Å². The second-order valence-corrected chi connectivity index (χ2v) is 7.49. The van der Waals surface area contributed by atoms with Crippen LogP contribution in [0.2, 0.25) is 0 Å². The van der Waals surface area contributed by atoms with Gasteiger partial charge >= 0.3 is 0 Å². The number of hydrogen-bond donors (Lipinski definition) is 1. The van der Waals surface area contributed by atoms with Gasteiger partial charge in [0.1, 0.15) is 23.5 Å². The molecule has 146 valence electrons. The zero-order chi connectivity index (χ0) is 20.1. The van der Waals surface area contributed by atoms with Crippen molar-refractivity contribution in [2.45, 2.75) is 31.7 Å². The van der Waals surface area contributed by atoms with Crippen molar-refractivity contribution in [1.82, 2.24) is 14.8 Å². The highest BCUT2D eigenvalue weighted by atomic mass is 19.1. The summed E-state index contributed by atoms with van der Waals surface area (Å²) in [4.78, 5) is 17.6. The van der Waals surface area contributed by atoms with Gasteiger partial charge in [-0.15, -0.1) is 0 Å². The number of fused-ring (bicyclic) bond motifs is 1. The Labute approximate surface area is 166 Å². The number of carbonyl (C=O) groups is 1. The van der Waals surface area contributed by atoms with Gasteiger partial charge in [-0.2, -0.15) is 10.1 Å². The van der Waals surface area contributed by atoms with Crippen LogP contribution in [0.3, 0.4) is 0 Å². The monoisotopic (exact) mass is 392 g/mol. The van der Waals surface area contributed by atoms with E-state index in [1.807, 2.05) is 30.3 Å². The number of aryl methyl sites for hydroxylation is 1. The normalized spacial score (nSPS) is 20.9. The van der Waals surface area contributed by atoms with E-state index < -0.39 is 17.7 Å². The van der Waals surface area contributed by atoms with E-state index in [2.05, 4.69) is 15.4 Å². The molecule has 2 heterocycles. The van der Waals surface area contributed by atoms with Gasteiger partial charge in [0, 0.05) is 23.8 Å². The van der Waals surface area contributed by atoms with Crippen molar-refractivity contribution < 1.29 is 13.6 Å². The molecular formula is C22H18F2N4O. The van der Waals surface area contributed by atoms with Crippen LogP contribution in [0.5, 0.6) is 0 Å². The van der Waals surface area contributed by atoms with E-state index in [1.54, 1.807) is 11.6 Å². The number of hydrogen-bond acceptors (Lipinski definition) is 4. The number of aromatic nitrogens is 3. The first-order valence-electron chi connectivity index (χ1n) is 9.47. The van der Waals surface area contributed by atoms with Gasteiger partial charge in [-0.25, -0.2) is 13.5 Å². The lowest BCUT2D eigenvalue weighted by atomic mass is 9.78. The lowest BCUT2D eigenvalue weighted by Gasteiger charge is -2.35. The lowest BCUT2D eigenvalue weighted by Crippen LogP contribution is -2.33. The zero-order valence-corrected chi connectivity index (χ0v) is 15.7. The average Bonchev–Trinajstić information content (AvgIpc) is 3.05.